The lowest BCUT2D eigenvalue weighted by atomic mass is 10.1. The van der Waals surface area contributed by atoms with Gasteiger partial charge in [0, 0.05) is 0 Å². The Balaban J connectivity index is 2.39. The van der Waals surface area contributed by atoms with Crippen molar-refractivity contribution in [1.29, 1.82) is 0 Å². The SMILES string of the molecule is CCCCCOC(=O)C1=CCC(CC(=O)OCCCC)=CC=C1. The Morgan fingerprint density at radius 3 is 2.52 bits per heavy atom. The normalized spacial score (nSPS) is 13.8. The topological polar surface area (TPSA) is 52.6 Å². The van der Waals surface area contributed by atoms with Crippen LogP contribution in [0.5, 0.6) is 0 Å². The average molecular weight is 320 g/mol. The zero-order valence-electron chi connectivity index (χ0n) is 14.3. The Bertz CT molecular complexity index is 472. The number of esters is 2. The summed E-state index contributed by atoms with van der Waals surface area (Å²) >= 11 is 0. The summed E-state index contributed by atoms with van der Waals surface area (Å²) in [7, 11) is 0. The fraction of sp³-hybridized carbons (Fsp3) is 0.579. The van der Waals surface area contributed by atoms with Crippen LogP contribution in [0.25, 0.3) is 0 Å². The summed E-state index contributed by atoms with van der Waals surface area (Å²) in [4.78, 5) is 23.7. The molecule has 0 spiro atoms. The minimum Gasteiger partial charge on any atom is -0.465 e. The molecule has 0 bridgehead atoms. The van der Waals surface area contributed by atoms with Crippen LogP contribution in [0.4, 0.5) is 0 Å². The van der Waals surface area contributed by atoms with Crippen LogP contribution in [0.1, 0.15) is 58.8 Å². The van der Waals surface area contributed by atoms with E-state index in [4.69, 9.17) is 9.47 Å². The number of unbranched alkanes of at least 4 members (excludes halogenated alkanes) is 3. The Labute approximate surface area is 139 Å². The van der Waals surface area contributed by atoms with Gasteiger partial charge >= 0.3 is 11.9 Å². The van der Waals surface area contributed by atoms with Gasteiger partial charge in [0.2, 0.25) is 0 Å². The monoisotopic (exact) mass is 320 g/mol. The second kappa shape index (κ2) is 11.7. The Morgan fingerprint density at radius 1 is 1.04 bits per heavy atom. The molecule has 0 N–H and O–H groups in total. The molecule has 4 nitrogen and oxygen atoms in total. The molecule has 1 rings (SSSR count). The highest BCUT2D eigenvalue weighted by Crippen LogP contribution is 2.16. The Hall–Kier alpha value is -1.84. The van der Waals surface area contributed by atoms with Crippen LogP contribution in [0.2, 0.25) is 0 Å². The molecule has 23 heavy (non-hydrogen) atoms. The van der Waals surface area contributed by atoms with Gasteiger partial charge in [-0.15, -0.1) is 0 Å². The third-order valence-electron chi connectivity index (χ3n) is 3.54. The third kappa shape index (κ3) is 8.38. The largest absolute Gasteiger partial charge is 0.465 e. The number of ether oxygens (including phenoxy) is 2. The zero-order valence-corrected chi connectivity index (χ0v) is 14.3. The maximum absolute atomic E-state index is 12.0. The van der Waals surface area contributed by atoms with Gasteiger partial charge in [0.05, 0.1) is 25.2 Å². The first kappa shape index (κ1) is 19.2. The molecular weight excluding hydrogens is 292 g/mol. The standard InChI is InChI=1S/C19H28O4/c1-3-5-7-14-23-19(21)17-10-8-9-16(11-12-17)15-18(20)22-13-6-4-2/h8-10,12H,3-7,11,13-15H2,1-2H3. The van der Waals surface area contributed by atoms with Crippen LogP contribution in [0.3, 0.4) is 0 Å². The van der Waals surface area contributed by atoms with Gasteiger partial charge in [0.25, 0.3) is 0 Å². The lowest BCUT2D eigenvalue weighted by molar-refractivity contribution is -0.143. The second-order valence-electron chi connectivity index (χ2n) is 5.64. The van der Waals surface area contributed by atoms with Crippen LogP contribution in [0, 0.1) is 0 Å². The van der Waals surface area contributed by atoms with Crippen LogP contribution in [-0.4, -0.2) is 25.2 Å². The Morgan fingerprint density at radius 2 is 1.78 bits per heavy atom. The number of rotatable bonds is 10. The lowest BCUT2D eigenvalue weighted by Crippen LogP contribution is -2.08. The number of hydrogen-bond donors (Lipinski definition) is 0. The fourth-order valence-corrected chi connectivity index (χ4v) is 2.11. The van der Waals surface area contributed by atoms with E-state index in [0.717, 1.165) is 37.7 Å². The molecule has 0 unspecified atom stereocenters. The third-order valence-corrected chi connectivity index (χ3v) is 3.54. The lowest BCUT2D eigenvalue weighted by Gasteiger charge is -2.06. The quantitative estimate of drug-likeness (QED) is 0.445. The van der Waals surface area contributed by atoms with E-state index < -0.39 is 0 Å². The first-order valence-electron chi connectivity index (χ1n) is 8.56. The van der Waals surface area contributed by atoms with Gasteiger partial charge in [-0.2, -0.15) is 0 Å². The molecule has 0 amide bonds. The van der Waals surface area contributed by atoms with Gasteiger partial charge in [0.15, 0.2) is 0 Å². The van der Waals surface area contributed by atoms with Crippen molar-refractivity contribution in [2.24, 2.45) is 0 Å². The zero-order chi connectivity index (χ0) is 16.9. The van der Waals surface area contributed by atoms with Crippen molar-refractivity contribution in [1.82, 2.24) is 0 Å². The molecule has 0 aromatic rings. The van der Waals surface area contributed by atoms with E-state index in [0.29, 0.717) is 25.2 Å². The molecule has 0 fully saturated rings. The minimum atomic E-state index is -0.294. The molecule has 0 radical (unpaired) electrons. The summed E-state index contributed by atoms with van der Waals surface area (Å²) in [6.07, 6.45) is 13.0. The summed E-state index contributed by atoms with van der Waals surface area (Å²) in [6, 6.07) is 0. The minimum absolute atomic E-state index is 0.211. The summed E-state index contributed by atoms with van der Waals surface area (Å²) in [5.41, 5.74) is 1.49. The molecule has 0 aliphatic heterocycles. The molecule has 1 aliphatic carbocycles. The molecule has 0 aromatic heterocycles. The van der Waals surface area contributed by atoms with Crippen LogP contribution < -0.4 is 0 Å². The van der Waals surface area contributed by atoms with E-state index >= 15 is 0 Å². The van der Waals surface area contributed by atoms with Gasteiger partial charge in [-0.1, -0.05) is 56.9 Å². The first-order chi connectivity index (χ1) is 11.2. The van der Waals surface area contributed by atoms with E-state index in [1.165, 1.54) is 0 Å². The van der Waals surface area contributed by atoms with Crippen molar-refractivity contribution in [3.63, 3.8) is 0 Å². The fourth-order valence-electron chi connectivity index (χ4n) is 2.11. The van der Waals surface area contributed by atoms with Crippen molar-refractivity contribution in [2.75, 3.05) is 13.2 Å². The number of carbonyl (C=O) groups excluding carboxylic acids is 2. The number of allylic oxidation sites excluding steroid dienone is 3. The van der Waals surface area contributed by atoms with E-state index in [2.05, 4.69) is 13.8 Å². The molecular formula is C19H28O4. The van der Waals surface area contributed by atoms with E-state index in [1.54, 1.807) is 12.2 Å². The highest BCUT2D eigenvalue weighted by atomic mass is 16.5. The van der Waals surface area contributed by atoms with Crippen LogP contribution in [0.15, 0.2) is 35.5 Å². The second-order valence-corrected chi connectivity index (χ2v) is 5.64. The van der Waals surface area contributed by atoms with Crippen molar-refractivity contribution in [3.8, 4) is 0 Å². The molecule has 4 heteroatoms. The molecule has 128 valence electrons. The molecule has 1 aliphatic rings. The van der Waals surface area contributed by atoms with E-state index in [-0.39, 0.29) is 18.4 Å². The van der Waals surface area contributed by atoms with Gasteiger partial charge < -0.3 is 9.47 Å². The predicted octanol–water partition coefficient (Wildman–Crippen LogP) is 4.27. The smallest absolute Gasteiger partial charge is 0.337 e. The molecule has 0 saturated carbocycles. The van der Waals surface area contributed by atoms with Gasteiger partial charge in [-0.3, -0.25) is 4.79 Å². The first-order valence-corrected chi connectivity index (χ1v) is 8.56. The molecule has 0 atom stereocenters. The van der Waals surface area contributed by atoms with Gasteiger partial charge in [-0.25, -0.2) is 4.79 Å². The van der Waals surface area contributed by atoms with Crippen molar-refractivity contribution in [3.05, 3.63) is 35.5 Å². The average Bonchev–Trinajstić information content (AvgIpc) is 2.77. The Kier molecular flexibility index (Phi) is 9.76. The molecule has 0 heterocycles. The summed E-state index contributed by atoms with van der Waals surface area (Å²) in [5.74, 6) is -0.505. The van der Waals surface area contributed by atoms with Gasteiger partial charge in [0.1, 0.15) is 0 Å². The number of hydrogen-bond acceptors (Lipinski definition) is 4. The summed E-state index contributed by atoms with van der Waals surface area (Å²) < 4.78 is 10.4. The highest BCUT2D eigenvalue weighted by Gasteiger charge is 2.12. The van der Waals surface area contributed by atoms with Crippen molar-refractivity contribution >= 4 is 11.9 Å². The molecule has 0 aromatic carbocycles. The van der Waals surface area contributed by atoms with Crippen molar-refractivity contribution in [2.45, 2.75) is 58.8 Å². The van der Waals surface area contributed by atoms with Crippen LogP contribution in [-0.2, 0) is 19.1 Å². The summed E-state index contributed by atoms with van der Waals surface area (Å²) in [6.45, 7) is 5.10. The summed E-state index contributed by atoms with van der Waals surface area (Å²) in [5, 5.41) is 0. The van der Waals surface area contributed by atoms with E-state index in [9.17, 15) is 9.59 Å². The van der Waals surface area contributed by atoms with Crippen LogP contribution >= 0.6 is 0 Å². The predicted molar refractivity (Wildman–Crippen MR) is 90.9 cm³/mol. The molecule has 0 saturated heterocycles. The van der Waals surface area contributed by atoms with E-state index in [1.807, 2.05) is 12.2 Å². The maximum Gasteiger partial charge on any atom is 0.337 e. The van der Waals surface area contributed by atoms with Crippen molar-refractivity contribution < 1.29 is 19.1 Å². The highest BCUT2D eigenvalue weighted by molar-refractivity contribution is 5.91. The van der Waals surface area contributed by atoms with Gasteiger partial charge in [-0.05, 0) is 25.3 Å². The number of carbonyl (C=O) groups is 2. The maximum atomic E-state index is 12.0.